The van der Waals surface area contributed by atoms with Crippen molar-refractivity contribution < 1.29 is 4.79 Å². The number of aliphatic imine (C=N–C) groups is 1. The van der Waals surface area contributed by atoms with E-state index in [-0.39, 0.29) is 36.4 Å². The molecule has 0 aromatic heterocycles. The van der Waals surface area contributed by atoms with Crippen LogP contribution in [0.4, 0.5) is 5.69 Å². The van der Waals surface area contributed by atoms with Crippen molar-refractivity contribution in [1.29, 1.82) is 0 Å². The van der Waals surface area contributed by atoms with E-state index in [1.807, 2.05) is 30.0 Å². The summed E-state index contributed by atoms with van der Waals surface area (Å²) in [6.07, 6.45) is 3.26. The van der Waals surface area contributed by atoms with Crippen molar-refractivity contribution >= 4 is 53.1 Å². The number of para-hydroxylation sites is 1. The molecule has 0 bridgehead atoms. The number of piperazine rings is 1. The van der Waals surface area contributed by atoms with Crippen molar-refractivity contribution in [2.24, 2.45) is 4.99 Å². The molecule has 0 saturated carbocycles. The minimum Gasteiger partial charge on any atom is -0.368 e. The summed E-state index contributed by atoms with van der Waals surface area (Å²) >= 11 is 6.33. The van der Waals surface area contributed by atoms with Crippen molar-refractivity contribution in [2.45, 2.75) is 26.2 Å². The van der Waals surface area contributed by atoms with Crippen molar-refractivity contribution in [3.63, 3.8) is 0 Å². The van der Waals surface area contributed by atoms with Gasteiger partial charge in [0.2, 0.25) is 5.91 Å². The highest BCUT2D eigenvalue weighted by atomic mass is 127. The third kappa shape index (κ3) is 8.31. The lowest BCUT2D eigenvalue weighted by atomic mass is 10.2. The Balaban J connectivity index is 0.00000341. The van der Waals surface area contributed by atoms with Crippen LogP contribution in [0.3, 0.4) is 0 Å². The number of carbonyl (C=O) groups is 1. The summed E-state index contributed by atoms with van der Waals surface area (Å²) in [5.74, 6) is 0.856. The van der Waals surface area contributed by atoms with Crippen molar-refractivity contribution in [2.75, 3.05) is 70.3 Å². The van der Waals surface area contributed by atoms with Crippen LogP contribution in [0.1, 0.15) is 26.2 Å². The fraction of sp³-hybridized carbons (Fsp3) is 0.636. The number of carbonyl (C=O) groups excluding carboxylic acids is 1. The van der Waals surface area contributed by atoms with Crippen LogP contribution in [0.25, 0.3) is 0 Å². The van der Waals surface area contributed by atoms with Crippen LogP contribution in [0, 0.1) is 0 Å². The Morgan fingerprint density at radius 2 is 1.77 bits per heavy atom. The number of likely N-dealkylation sites (tertiary alicyclic amines) is 1. The van der Waals surface area contributed by atoms with Crippen LogP contribution >= 0.6 is 35.6 Å². The average molecular weight is 563 g/mol. The zero-order valence-corrected chi connectivity index (χ0v) is 21.6. The monoisotopic (exact) mass is 562 g/mol. The molecule has 0 spiro atoms. The van der Waals surface area contributed by atoms with E-state index in [0.29, 0.717) is 0 Å². The van der Waals surface area contributed by atoms with Crippen molar-refractivity contribution in [1.82, 2.24) is 20.4 Å². The third-order valence-electron chi connectivity index (χ3n) is 5.68. The first-order chi connectivity index (χ1) is 14.7. The smallest absolute Gasteiger partial charge is 0.244 e. The number of benzene rings is 1. The molecule has 2 N–H and O–H groups in total. The largest absolute Gasteiger partial charge is 0.368 e. The second-order valence-corrected chi connectivity index (χ2v) is 8.25. The molecular weight excluding hydrogens is 527 g/mol. The van der Waals surface area contributed by atoms with Gasteiger partial charge in [-0.1, -0.05) is 23.7 Å². The van der Waals surface area contributed by atoms with E-state index < -0.39 is 0 Å². The molecule has 9 heteroatoms. The molecule has 0 unspecified atom stereocenters. The van der Waals surface area contributed by atoms with E-state index in [1.165, 1.54) is 0 Å². The highest BCUT2D eigenvalue weighted by Gasteiger charge is 2.19. The molecule has 1 aromatic carbocycles. The maximum Gasteiger partial charge on any atom is 0.244 e. The van der Waals surface area contributed by atoms with Gasteiger partial charge < -0.3 is 20.4 Å². The summed E-state index contributed by atoms with van der Waals surface area (Å²) < 4.78 is 0. The van der Waals surface area contributed by atoms with E-state index in [9.17, 15) is 4.79 Å². The second-order valence-electron chi connectivity index (χ2n) is 7.84. The van der Waals surface area contributed by atoms with Crippen molar-refractivity contribution in [3.05, 3.63) is 29.3 Å². The molecule has 0 radical (unpaired) electrons. The van der Waals surface area contributed by atoms with Crippen LogP contribution in [0.2, 0.25) is 5.02 Å². The summed E-state index contributed by atoms with van der Waals surface area (Å²) in [5, 5.41) is 7.42. The molecule has 2 heterocycles. The van der Waals surface area contributed by atoms with Gasteiger partial charge in [0.05, 0.1) is 10.7 Å². The third-order valence-corrected chi connectivity index (χ3v) is 6.00. The standard InChI is InChI=1S/C22H35ClN6O.HI/c1-2-24-22(26-18-21(30)29-12-5-6-13-29)25-10-7-11-27-14-16-28(17-15-27)20-9-4-3-8-19(20)23;/h3-4,8-9H,2,5-7,10-18H2,1H3,(H2,24,25,26);1H. The molecule has 7 nitrogen and oxygen atoms in total. The Labute approximate surface area is 208 Å². The predicted molar refractivity (Wildman–Crippen MR) is 140 cm³/mol. The van der Waals surface area contributed by atoms with Gasteiger partial charge >= 0.3 is 0 Å². The molecule has 174 valence electrons. The van der Waals surface area contributed by atoms with Gasteiger partial charge in [-0.2, -0.15) is 0 Å². The molecule has 2 aliphatic rings. The summed E-state index contributed by atoms with van der Waals surface area (Å²) in [4.78, 5) is 23.4. The lowest BCUT2D eigenvalue weighted by Gasteiger charge is -2.36. The molecule has 31 heavy (non-hydrogen) atoms. The number of halogens is 2. The normalized spacial score (nSPS) is 17.4. The average Bonchev–Trinajstić information content (AvgIpc) is 3.31. The first-order valence-electron chi connectivity index (χ1n) is 11.2. The fourth-order valence-electron chi connectivity index (χ4n) is 3.98. The Morgan fingerprint density at radius 1 is 1.06 bits per heavy atom. The lowest BCUT2D eigenvalue weighted by Crippen LogP contribution is -2.47. The van der Waals surface area contributed by atoms with E-state index in [2.05, 4.69) is 31.5 Å². The molecule has 3 rings (SSSR count). The highest BCUT2D eigenvalue weighted by Crippen LogP contribution is 2.25. The van der Waals surface area contributed by atoms with Gasteiger partial charge in [0.1, 0.15) is 6.54 Å². The molecule has 2 saturated heterocycles. The summed E-state index contributed by atoms with van der Waals surface area (Å²) in [7, 11) is 0. The molecule has 0 aliphatic carbocycles. The molecule has 0 atom stereocenters. The number of amides is 1. The van der Waals surface area contributed by atoms with Gasteiger partial charge in [0.25, 0.3) is 0 Å². The molecule has 1 aromatic rings. The van der Waals surface area contributed by atoms with Gasteiger partial charge in [-0.15, -0.1) is 24.0 Å². The number of nitrogens with zero attached hydrogens (tertiary/aromatic N) is 4. The first-order valence-corrected chi connectivity index (χ1v) is 11.6. The summed E-state index contributed by atoms with van der Waals surface area (Å²) in [5.41, 5.74) is 1.13. The Bertz CT molecular complexity index is 705. The zero-order valence-electron chi connectivity index (χ0n) is 18.5. The Kier molecular flexibility index (Phi) is 11.7. The van der Waals surface area contributed by atoms with Crippen LogP contribution in [0.5, 0.6) is 0 Å². The van der Waals surface area contributed by atoms with Crippen LogP contribution in [0.15, 0.2) is 29.3 Å². The van der Waals surface area contributed by atoms with Gasteiger partial charge in [-0.25, -0.2) is 4.99 Å². The molecular formula is C22H36ClIN6O. The maximum absolute atomic E-state index is 12.2. The summed E-state index contributed by atoms with van der Waals surface area (Å²) in [6, 6.07) is 8.07. The van der Waals surface area contributed by atoms with E-state index in [0.717, 1.165) is 94.8 Å². The van der Waals surface area contributed by atoms with Gasteiger partial charge in [-0.3, -0.25) is 9.69 Å². The Hall–Kier alpha value is -1.26. The number of hydrogen-bond donors (Lipinski definition) is 2. The number of guanidine groups is 1. The highest BCUT2D eigenvalue weighted by molar-refractivity contribution is 14.0. The molecule has 1 amide bonds. The molecule has 2 fully saturated rings. The lowest BCUT2D eigenvalue weighted by molar-refractivity contribution is -0.128. The molecule has 2 aliphatic heterocycles. The van der Waals surface area contributed by atoms with Crippen LogP contribution in [-0.2, 0) is 4.79 Å². The quantitative estimate of drug-likeness (QED) is 0.221. The summed E-state index contributed by atoms with van der Waals surface area (Å²) in [6.45, 7) is 10.8. The van der Waals surface area contributed by atoms with Crippen LogP contribution < -0.4 is 15.5 Å². The maximum atomic E-state index is 12.2. The zero-order chi connectivity index (χ0) is 21.2. The Morgan fingerprint density at radius 3 is 2.45 bits per heavy atom. The van der Waals surface area contributed by atoms with Gasteiger partial charge in [-0.05, 0) is 44.9 Å². The minimum atomic E-state index is 0. The van der Waals surface area contributed by atoms with Crippen LogP contribution in [-0.4, -0.2) is 87.1 Å². The topological polar surface area (TPSA) is 63.2 Å². The van der Waals surface area contributed by atoms with Gasteiger partial charge in [0, 0.05) is 52.4 Å². The predicted octanol–water partition coefficient (Wildman–Crippen LogP) is 2.65. The first kappa shape index (κ1) is 26.0. The number of anilines is 1. The van der Waals surface area contributed by atoms with Crippen molar-refractivity contribution in [3.8, 4) is 0 Å². The van der Waals surface area contributed by atoms with E-state index in [1.54, 1.807) is 0 Å². The fourth-order valence-corrected chi connectivity index (χ4v) is 4.24. The minimum absolute atomic E-state index is 0. The van der Waals surface area contributed by atoms with E-state index in [4.69, 9.17) is 11.6 Å². The van der Waals surface area contributed by atoms with Gasteiger partial charge in [0.15, 0.2) is 5.96 Å². The van der Waals surface area contributed by atoms with E-state index >= 15 is 0 Å². The second kappa shape index (κ2) is 14.0. The number of rotatable bonds is 8. The number of nitrogens with one attached hydrogen (secondary N) is 2. The number of hydrogen-bond acceptors (Lipinski definition) is 4. The SMILES string of the molecule is CCNC(=NCC(=O)N1CCCC1)NCCCN1CCN(c2ccccc2Cl)CC1.I.